The van der Waals surface area contributed by atoms with E-state index >= 15 is 0 Å². The summed E-state index contributed by atoms with van der Waals surface area (Å²) in [6.07, 6.45) is 3.36. The third-order valence-corrected chi connectivity index (χ3v) is 4.98. The van der Waals surface area contributed by atoms with Gasteiger partial charge in [-0.2, -0.15) is 0 Å². The van der Waals surface area contributed by atoms with E-state index in [-0.39, 0.29) is 30.2 Å². The highest BCUT2D eigenvalue weighted by atomic mass is 32.2. The Morgan fingerprint density at radius 2 is 2.05 bits per heavy atom. The van der Waals surface area contributed by atoms with Crippen LogP contribution < -0.4 is 4.72 Å². The van der Waals surface area contributed by atoms with E-state index in [9.17, 15) is 13.2 Å². The summed E-state index contributed by atoms with van der Waals surface area (Å²) in [6, 6.07) is 0.244. The van der Waals surface area contributed by atoms with Crippen molar-refractivity contribution in [3.8, 4) is 0 Å². The van der Waals surface area contributed by atoms with E-state index in [0.29, 0.717) is 6.42 Å². The maximum absolute atomic E-state index is 11.9. The van der Waals surface area contributed by atoms with E-state index < -0.39 is 10.0 Å². The summed E-state index contributed by atoms with van der Waals surface area (Å²) in [5.41, 5.74) is 0. The van der Waals surface area contributed by atoms with Gasteiger partial charge in [0.25, 0.3) is 0 Å². The number of sulfonamides is 1. The summed E-state index contributed by atoms with van der Waals surface area (Å²) in [5, 5.41) is 0. The third kappa shape index (κ3) is 5.46. The van der Waals surface area contributed by atoms with Gasteiger partial charge in [-0.05, 0) is 33.4 Å². The molecule has 0 heterocycles. The van der Waals surface area contributed by atoms with Gasteiger partial charge in [0.2, 0.25) is 10.0 Å². The first-order valence-electron chi connectivity index (χ1n) is 6.59. The van der Waals surface area contributed by atoms with Gasteiger partial charge in [0.15, 0.2) is 0 Å². The number of likely N-dealkylation sites (N-methyl/N-ethyl adjacent to an activating group) is 1. The molecule has 0 saturated heterocycles. The highest BCUT2D eigenvalue weighted by Crippen LogP contribution is 2.23. The zero-order valence-corrected chi connectivity index (χ0v) is 12.7. The highest BCUT2D eigenvalue weighted by molar-refractivity contribution is 7.89. The number of ether oxygens (including phenoxy) is 1. The average molecular weight is 292 g/mol. The number of esters is 1. The Morgan fingerprint density at radius 3 is 2.63 bits per heavy atom. The van der Waals surface area contributed by atoms with Crippen LogP contribution in [0.4, 0.5) is 0 Å². The summed E-state index contributed by atoms with van der Waals surface area (Å²) in [6.45, 7) is 0. The Morgan fingerprint density at radius 1 is 1.37 bits per heavy atom. The van der Waals surface area contributed by atoms with Gasteiger partial charge >= 0.3 is 5.97 Å². The van der Waals surface area contributed by atoms with Crippen LogP contribution in [-0.2, 0) is 19.6 Å². The topological polar surface area (TPSA) is 75.7 Å². The molecule has 1 aliphatic rings. The Labute approximate surface area is 115 Å². The molecule has 112 valence electrons. The Balaban J connectivity index is 2.43. The maximum atomic E-state index is 11.9. The molecule has 6 nitrogen and oxygen atoms in total. The van der Waals surface area contributed by atoms with Crippen molar-refractivity contribution in [2.45, 2.75) is 44.2 Å². The van der Waals surface area contributed by atoms with E-state index in [0.717, 1.165) is 19.3 Å². The summed E-state index contributed by atoms with van der Waals surface area (Å²) in [7, 11) is 1.91. The number of carbonyl (C=O) groups excluding carboxylic acids is 1. The summed E-state index contributed by atoms with van der Waals surface area (Å²) in [5.74, 6) is -0.402. The van der Waals surface area contributed by atoms with Gasteiger partial charge < -0.3 is 9.64 Å². The standard InChI is InChI=1S/C12H24N2O4S/c1-14(2)11-7-4-6-10(11)13-19(16,17)9-5-8-12(15)18-3/h10-11,13H,4-9H2,1-3H3/t10-,11-/m1/s1. The van der Waals surface area contributed by atoms with E-state index in [2.05, 4.69) is 14.4 Å². The Kier molecular flexibility index (Phi) is 6.22. The zero-order valence-electron chi connectivity index (χ0n) is 11.9. The molecule has 0 bridgehead atoms. The zero-order chi connectivity index (χ0) is 14.5. The molecule has 19 heavy (non-hydrogen) atoms. The van der Waals surface area contributed by atoms with Crippen LogP contribution in [0.1, 0.15) is 32.1 Å². The van der Waals surface area contributed by atoms with Crippen LogP contribution in [0.15, 0.2) is 0 Å². The van der Waals surface area contributed by atoms with Gasteiger partial charge in [-0.3, -0.25) is 4.79 Å². The molecule has 1 fully saturated rings. The normalized spacial score (nSPS) is 23.8. The molecule has 1 aliphatic carbocycles. The minimum atomic E-state index is -3.32. The molecule has 0 aliphatic heterocycles. The molecule has 0 spiro atoms. The van der Waals surface area contributed by atoms with Gasteiger partial charge in [0.1, 0.15) is 0 Å². The lowest BCUT2D eigenvalue weighted by atomic mass is 10.2. The van der Waals surface area contributed by atoms with Gasteiger partial charge in [-0.1, -0.05) is 6.42 Å². The fourth-order valence-electron chi connectivity index (χ4n) is 2.49. The van der Waals surface area contributed by atoms with Crippen molar-refractivity contribution in [1.29, 1.82) is 0 Å². The Bertz CT molecular complexity index is 395. The summed E-state index contributed by atoms with van der Waals surface area (Å²) >= 11 is 0. The SMILES string of the molecule is COC(=O)CCCS(=O)(=O)N[C@@H]1CCC[C@H]1N(C)C. The largest absolute Gasteiger partial charge is 0.469 e. The van der Waals surface area contributed by atoms with Gasteiger partial charge in [0, 0.05) is 18.5 Å². The average Bonchev–Trinajstić information content (AvgIpc) is 2.75. The van der Waals surface area contributed by atoms with Crippen LogP contribution >= 0.6 is 0 Å². The summed E-state index contributed by atoms with van der Waals surface area (Å²) in [4.78, 5) is 13.0. The van der Waals surface area contributed by atoms with Crippen molar-refractivity contribution < 1.29 is 17.9 Å². The fourth-order valence-corrected chi connectivity index (χ4v) is 3.87. The first-order chi connectivity index (χ1) is 8.85. The third-order valence-electron chi connectivity index (χ3n) is 3.50. The molecular formula is C12H24N2O4S. The van der Waals surface area contributed by atoms with Crippen LogP contribution in [0, 0.1) is 0 Å². The molecule has 0 aromatic rings. The van der Waals surface area contributed by atoms with Crippen molar-refractivity contribution in [2.75, 3.05) is 27.0 Å². The predicted octanol–water partition coefficient (Wildman–Crippen LogP) is 0.342. The number of rotatable bonds is 7. The summed E-state index contributed by atoms with van der Waals surface area (Å²) < 4.78 is 31.1. The molecule has 2 atom stereocenters. The van der Waals surface area contributed by atoms with Gasteiger partial charge in [0.05, 0.1) is 12.9 Å². The van der Waals surface area contributed by atoms with E-state index in [1.165, 1.54) is 7.11 Å². The Hall–Kier alpha value is -0.660. The monoisotopic (exact) mass is 292 g/mol. The first kappa shape index (κ1) is 16.4. The minimum absolute atomic E-state index is 0.0156. The molecule has 0 radical (unpaired) electrons. The lowest BCUT2D eigenvalue weighted by molar-refractivity contribution is -0.140. The van der Waals surface area contributed by atoms with E-state index in [4.69, 9.17) is 0 Å². The van der Waals surface area contributed by atoms with Gasteiger partial charge in [-0.25, -0.2) is 13.1 Å². The quantitative estimate of drug-likeness (QED) is 0.685. The molecule has 0 unspecified atom stereocenters. The molecule has 0 aromatic heterocycles. The van der Waals surface area contributed by atoms with Crippen molar-refractivity contribution in [3.63, 3.8) is 0 Å². The number of hydrogen-bond donors (Lipinski definition) is 1. The minimum Gasteiger partial charge on any atom is -0.469 e. The van der Waals surface area contributed by atoms with Crippen LogP contribution in [0.25, 0.3) is 0 Å². The van der Waals surface area contributed by atoms with Crippen LogP contribution in [0.5, 0.6) is 0 Å². The fraction of sp³-hybridized carbons (Fsp3) is 0.917. The lowest BCUT2D eigenvalue weighted by Gasteiger charge is -2.26. The second-order valence-corrected chi connectivity index (χ2v) is 7.06. The molecule has 1 saturated carbocycles. The number of nitrogens with one attached hydrogen (secondary N) is 1. The van der Waals surface area contributed by atoms with Crippen molar-refractivity contribution in [2.24, 2.45) is 0 Å². The van der Waals surface area contributed by atoms with Crippen LogP contribution in [0.3, 0.4) is 0 Å². The number of carbonyl (C=O) groups is 1. The van der Waals surface area contributed by atoms with E-state index in [1.54, 1.807) is 0 Å². The lowest BCUT2D eigenvalue weighted by Crippen LogP contribution is -2.46. The number of hydrogen-bond acceptors (Lipinski definition) is 5. The second-order valence-electron chi connectivity index (χ2n) is 5.18. The molecule has 0 aromatic carbocycles. The second kappa shape index (κ2) is 7.21. The number of nitrogens with zero attached hydrogens (tertiary/aromatic N) is 1. The van der Waals surface area contributed by atoms with Crippen LogP contribution in [-0.4, -0.2) is 58.3 Å². The smallest absolute Gasteiger partial charge is 0.305 e. The first-order valence-corrected chi connectivity index (χ1v) is 8.24. The van der Waals surface area contributed by atoms with Crippen molar-refractivity contribution in [3.05, 3.63) is 0 Å². The molecular weight excluding hydrogens is 268 g/mol. The molecule has 0 amide bonds. The molecule has 1 rings (SSSR count). The van der Waals surface area contributed by atoms with Gasteiger partial charge in [-0.15, -0.1) is 0 Å². The van der Waals surface area contributed by atoms with Crippen molar-refractivity contribution >= 4 is 16.0 Å². The van der Waals surface area contributed by atoms with Crippen LogP contribution in [0.2, 0.25) is 0 Å². The number of methoxy groups -OCH3 is 1. The van der Waals surface area contributed by atoms with E-state index in [1.807, 2.05) is 14.1 Å². The predicted molar refractivity (Wildman–Crippen MR) is 73.3 cm³/mol. The highest BCUT2D eigenvalue weighted by Gasteiger charge is 2.31. The molecule has 7 heteroatoms. The molecule has 1 N–H and O–H groups in total. The maximum Gasteiger partial charge on any atom is 0.305 e. The van der Waals surface area contributed by atoms with Crippen molar-refractivity contribution in [1.82, 2.24) is 9.62 Å².